The highest BCUT2D eigenvalue weighted by atomic mass is 19.1. The molecule has 0 spiro atoms. The van der Waals surface area contributed by atoms with Crippen LogP contribution in [0.15, 0.2) is 54.6 Å². The van der Waals surface area contributed by atoms with E-state index in [9.17, 15) is 9.18 Å². The number of halogens is 1. The van der Waals surface area contributed by atoms with Crippen LogP contribution in [-0.2, 0) is 16.0 Å². The van der Waals surface area contributed by atoms with Gasteiger partial charge in [-0.05, 0) is 24.1 Å². The van der Waals surface area contributed by atoms with Crippen molar-refractivity contribution in [2.24, 2.45) is 0 Å². The summed E-state index contributed by atoms with van der Waals surface area (Å²) >= 11 is 0. The molecule has 0 aromatic heterocycles. The highest BCUT2D eigenvalue weighted by molar-refractivity contribution is 5.78. The van der Waals surface area contributed by atoms with Gasteiger partial charge in [0.1, 0.15) is 5.82 Å². The largest absolute Gasteiger partial charge is 0.372 e. The molecule has 3 nitrogen and oxygen atoms in total. The van der Waals surface area contributed by atoms with Crippen molar-refractivity contribution >= 4 is 5.91 Å². The van der Waals surface area contributed by atoms with Gasteiger partial charge >= 0.3 is 0 Å². The minimum Gasteiger partial charge on any atom is -0.372 e. The lowest BCUT2D eigenvalue weighted by molar-refractivity contribution is -0.121. The third-order valence-corrected chi connectivity index (χ3v) is 3.33. The molecule has 1 N–H and O–H groups in total. The van der Waals surface area contributed by atoms with Crippen LogP contribution in [0.25, 0.3) is 0 Å². The zero-order valence-corrected chi connectivity index (χ0v) is 12.6. The van der Waals surface area contributed by atoms with Crippen LogP contribution in [0.2, 0.25) is 0 Å². The number of hydrogen-bond acceptors (Lipinski definition) is 2. The van der Waals surface area contributed by atoms with Crippen LogP contribution in [0.4, 0.5) is 4.39 Å². The monoisotopic (exact) mass is 301 g/mol. The third-order valence-electron chi connectivity index (χ3n) is 3.33. The molecule has 0 saturated carbocycles. The van der Waals surface area contributed by atoms with Crippen molar-refractivity contribution in [2.75, 3.05) is 13.2 Å². The quantitative estimate of drug-likeness (QED) is 0.852. The van der Waals surface area contributed by atoms with Crippen molar-refractivity contribution in [1.82, 2.24) is 5.32 Å². The summed E-state index contributed by atoms with van der Waals surface area (Å²) < 4.78 is 19.2. The summed E-state index contributed by atoms with van der Waals surface area (Å²) in [5.41, 5.74) is 1.41. The summed E-state index contributed by atoms with van der Waals surface area (Å²) in [6.07, 6.45) is -0.170. The van der Waals surface area contributed by atoms with Crippen LogP contribution in [-0.4, -0.2) is 19.1 Å². The molecular weight excluding hydrogens is 281 g/mol. The fourth-order valence-corrected chi connectivity index (χ4v) is 2.23. The molecule has 0 radical (unpaired) electrons. The molecule has 0 bridgehead atoms. The van der Waals surface area contributed by atoms with Crippen LogP contribution in [0.1, 0.15) is 24.2 Å². The Labute approximate surface area is 130 Å². The molecule has 2 aromatic carbocycles. The standard InChI is InChI=1S/C18H20FNO2/c1-2-22-17(14-8-4-3-5-9-14)13-20-18(21)12-15-10-6-7-11-16(15)19/h3-11,17H,2,12-13H2,1H3,(H,20,21). The average Bonchev–Trinajstić information content (AvgIpc) is 2.54. The Morgan fingerprint density at radius 1 is 1.14 bits per heavy atom. The number of hydrogen-bond donors (Lipinski definition) is 1. The SMILES string of the molecule is CCOC(CNC(=O)Cc1ccccc1F)c1ccccc1. The predicted molar refractivity (Wildman–Crippen MR) is 83.9 cm³/mol. The highest BCUT2D eigenvalue weighted by Crippen LogP contribution is 2.16. The summed E-state index contributed by atoms with van der Waals surface area (Å²) in [4.78, 5) is 12.0. The molecule has 0 heterocycles. The summed E-state index contributed by atoms with van der Waals surface area (Å²) in [5.74, 6) is -0.576. The number of amides is 1. The summed E-state index contributed by atoms with van der Waals surface area (Å²) in [7, 11) is 0. The summed E-state index contributed by atoms with van der Waals surface area (Å²) in [6.45, 7) is 2.84. The van der Waals surface area contributed by atoms with E-state index in [-0.39, 0.29) is 24.2 Å². The molecule has 0 aliphatic heterocycles. The van der Waals surface area contributed by atoms with Crippen molar-refractivity contribution in [3.63, 3.8) is 0 Å². The van der Waals surface area contributed by atoms with Crippen LogP contribution in [0.3, 0.4) is 0 Å². The first-order valence-corrected chi connectivity index (χ1v) is 7.37. The van der Waals surface area contributed by atoms with Gasteiger partial charge in [0.15, 0.2) is 0 Å². The zero-order valence-electron chi connectivity index (χ0n) is 12.6. The molecule has 0 fully saturated rings. The topological polar surface area (TPSA) is 38.3 Å². The summed E-state index contributed by atoms with van der Waals surface area (Å²) in [5, 5.41) is 2.81. The van der Waals surface area contributed by atoms with Crippen LogP contribution < -0.4 is 5.32 Å². The Bertz CT molecular complexity index is 601. The number of carbonyl (C=O) groups excluding carboxylic acids is 1. The number of nitrogens with one attached hydrogen (secondary N) is 1. The fourth-order valence-electron chi connectivity index (χ4n) is 2.23. The highest BCUT2D eigenvalue weighted by Gasteiger charge is 2.13. The third kappa shape index (κ3) is 4.67. The second kappa shape index (κ2) is 8.29. The molecule has 0 aliphatic rings. The van der Waals surface area contributed by atoms with Crippen LogP contribution >= 0.6 is 0 Å². The second-order valence-corrected chi connectivity index (χ2v) is 4.93. The van der Waals surface area contributed by atoms with Crippen molar-refractivity contribution in [2.45, 2.75) is 19.4 Å². The van der Waals surface area contributed by atoms with Gasteiger partial charge in [0.25, 0.3) is 0 Å². The van der Waals surface area contributed by atoms with Crippen molar-refractivity contribution in [3.05, 3.63) is 71.5 Å². The van der Waals surface area contributed by atoms with Gasteiger partial charge in [-0.3, -0.25) is 4.79 Å². The van der Waals surface area contributed by atoms with Gasteiger partial charge < -0.3 is 10.1 Å². The normalized spacial score (nSPS) is 11.9. The van der Waals surface area contributed by atoms with Gasteiger partial charge in [0.05, 0.1) is 12.5 Å². The van der Waals surface area contributed by atoms with Crippen molar-refractivity contribution in [3.8, 4) is 0 Å². The predicted octanol–water partition coefficient (Wildman–Crippen LogP) is 3.26. The van der Waals surface area contributed by atoms with Gasteiger partial charge in [-0.25, -0.2) is 4.39 Å². The first-order chi connectivity index (χ1) is 10.7. The lowest BCUT2D eigenvalue weighted by atomic mass is 10.1. The Hall–Kier alpha value is -2.20. The van der Waals surface area contributed by atoms with E-state index in [1.807, 2.05) is 37.3 Å². The van der Waals surface area contributed by atoms with Crippen molar-refractivity contribution < 1.29 is 13.9 Å². The van der Waals surface area contributed by atoms with E-state index in [1.165, 1.54) is 6.07 Å². The maximum Gasteiger partial charge on any atom is 0.224 e. The Morgan fingerprint density at radius 2 is 1.82 bits per heavy atom. The number of ether oxygens (including phenoxy) is 1. The first kappa shape index (κ1) is 16.2. The molecule has 22 heavy (non-hydrogen) atoms. The zero-order chi connectivity index (χ0) is 15.8. The van der Waals surface area contributed by atoms with Gasteiger partial charge in [0, 0.05) is 13.2 Å². The van der Waals surface area contributed by atoms with Gasteiger partial charge in [-0.1, -0.05) is 48.5 Å². The van der Waals surface area contributed by atoms with Gasteiger partial charge in [-0.2, -0.15) is 0 Å². The minimum absolute atomic E-state index is 0.0281. The molecule has 116 valence electrons. The molecule has 2 rings (SSSR count). The maximum absolute atomic E-state index is 13.5. The van der Waals surface area contributed by atoms with E-state index in [2.05, 4.69) is 5.32 Å². The molecule has 4 heteroatoms. The van der Waals surface area contributed by atoms with Crippen molar-refractivity contribution in [1.29, 1.82) is 0 Å². The minimum atomic E-state index is -0.359. The molecule has 1 unspecified atom stereocenters. The van der Waals surface area contributed by atoms with E-state index < -0.39 is 0 Å². The van der Waals surface area contributed by atoms with E-state index in [1.54, 1.807) is 18.2 Å². The smallest absolute Gasteiger partial charge is 0.224 e. The number of carbonyl (C=O) groups is 1. The van der Waals surface area contributed by atoms with E-state index in [4.69, 9.17) is 4.74 Å². The molecule has 2 aromatic rings. The van der Waals surface area contributed by atoms with E-state index in [0.29, 0.717) is 18.7 Å². The Morgan fingerprint density at radius 3 is 2.50 bits per heavy atom. The Balaban J connectivity index is 1.92. The Kier molecular flexibility index (Phi) is 6.10. The van der Waals surface area contributed by atoms with Crippen LogP contribution in [0.5, 0.6) is 0 Å². The lowest BCUT2D eigenvalue weighted by Crippen LogP contribution is -2.31. The maximum atomic E-state index is 13.5. The molecule has 1 amide bonds. The number of benzene rings is 2. The van der Waals surface area contributed by atoms with E-state index >= 15 is 0 Å². The second-order valence-electron chi connectivity index (χ2n) is 4.93. The molecule has 0 aliphatic carbocycles. The average molecular weight is 301 g/mol. The van der Waals surface area contributed by atoms with Gasteiger partial charge in [0.2, 0.25) is 5.91 Å². The first-order valence-electron chi connectivity index (χ1n) is 7.37. The molecular formula is C18H20FNO2. The lowest BCUT2D eigenvalue weighted by Gasteiger charge is -2.18. The summed E-state index contributed by atoms with van der Waals surface area (Å²) in [6, 6.07) is 16.0. The van der Waals surface area contributed by atoms with E-state index in [0.717, 1.165) is 5.56 Å². The fraction of sp³-hybridized carbons (Fsp3) is 0.278. The molecule has 1 atom stereocenters. The number of rotatable bonds is 7. The molecule has 0 saturated heterocycles. The van der Waals surface area contributed by atoms with Gasteiger partial charge in [-0.15, -0.1) is 0 Å². The van der Waals surface area contributed by atoms with Crippen LogP contribution in [0, 0.1) is 5.82 Å².